The lowest BCUT2D eigenvalue weighted by Gasteiger charge is -2.37. The lowest BCUT2D eigenvalue weighted by atomic mass is 9.74. The zero-order chi connectivity index (χ0) is 12.6. The van der Waals surface area contributed by atoms with Crippen LogP contribution in [0.4, 0.5) is 8.78 Å². The molecule has 0 aliphatic heterocycles. The van der Waals surface area contributed by atoms with E-state index in [0.29, 0.717) is 0 Å². The van der Waals surface area contributed by atoms with E-state index in [1.807, 2.05) is 0 Å². The first-order valence-electron chi connectivity index (χ1n) is 5.57. The van der Waals surface area contributed by atoms with Crippen LogP contribution < -0.4 is 16.2 Å². The summed E-state index contributed by atoms with van der Waals surface area (Å²) in [6, 6.07) is 1.78. The highest BCUT2D eigenvalue weighted by molar-refractivity contribution is 5.33. The Kier molecular flexibility index (Phi) is 3.31. The third-order valence-corrected chi connectivity index (χ3v) is 3.35. The minimum absolute atomic E-state index is 0.108. The highest BCUT2D eigenvalue weighted by atomic mass is 19.1. The van der Waals surface area contributed by atoms with E-state index in [1.165, 1.54) is 7.11 Å². The lowest BCUT2D eigenvalue weighted by Crippen LogP contribution is -2.42. The molecule has 94 valence electrons. The van der Waals surface area contributed by atoms with Crippen LogP contribution in [0, 0.1) is 17.6 Å². The van der Waals surface area contributed by atoms with Gasteiger partial charge in [0.2, 0.25) is 0 Å². The molecule has 0 amide bonds. The molecule has 1 fully saturated rings. The van der Waals surface area contributed by atoms with Gasteiger partial charge in [0.25, 0.3) is 0 Å². The van der Waals surface area contributed by atoms with Gasteiger partial charge in [0.1, 0.15) is 5.82 Å². The summed E-state index contributed by atoms with van der Waals surface area (Å²) in [7, 11) is 1.29. The van der Waals surface area contributed by atoms with Gasteiger partial charge in [-0.2, -0.15) is 0 Å². The molecule has 0 spiro atoms. The summed E-state index contributed by atoms with van der Waals surface area (Å²) < 4.78 is 31.9. The van der Waals surface area contributed by atoms with Gasteiger partial charge in [0.05, 0.1) is 7.11 Å². The maximum Gasteiger partial charge on any atom is 0.165 e. The number of ether oxygens (including phenoxy) is 1. The summed E-state index contributed by atoms with van der Waals surface area (Å²) in [6.45, 7) is 0. The number of rotatable bonds is 3. The molecule has 0 radical (unpaired) electrons. The zero-order valence-electron chi connectivity index (χ0n) is 9.62. The maximum absolute atomic E-state index is 13.7. The molecule has 17 heavy (non-hydrogen) atoms. The lowest BCUT2D eigenvalue weighted by molar-refractivity contribution is 0.220. The van der Waals surface area contributed by atoms with Crippen LogP contribution in [0.3, 0.4) is 0 Å². The molecule has 4 N–H and O–H groups in total. The van der Waals surface area contributed by atoms with Gasteiger partial charge < -0.3 is 16.2 Å². The SMILES string of the molecule is COc1cc(F)c(C(N)C2CC(N)C2)cc1F. The third-order valence-electron chi connectivity index (χ3n) is 3.35. The quantitative estimate of drug-likeness (QED) is 0.848. The summed E-state index contributed by atoms with van der Waals surface area (Å²) >= 11 is 0. The molecule has 2 rings (SSSR count). The number of methoxy groups -OCH3 is 1. The minimum Gasteiger partial charge on any atom is -0.494 e. The smallest absolute Gasteiger partial charge is 0.165 e. The molecular weight excluding hydrogens is 226 g/mol. The molecule has 1 saturated carbocycles. The van der Waals surface area contributed by atoms with Crippen molar-refractivity contribution in [2.75, 3.05) is 7.11 Å². The molecule has 5 heteroatoms. The number of benzene rings is 1. The first kappa shape index (κ1) is 12.3. The van der Waals surface area contributed by atoms with Crippen LogP contribution in [0.15, 0.2) is 12.1 Å². The molecule has 0 bridgehead atoms. The average molecular weight is 242 g/mol. The molecule has 3 nitrogen and oxygen atoms in total. The van der Waals surface area contributed by atoms with Gasteiger partial charge in [-0.05, 0) is 24.8 Å². The predicted octanol–water partition coefficient (Wildman–Crippen LogP) is 1.71. The Morgan fingerprint density at radius 2 is 1.94 bits per heavy atom. The minimum atomic E-state index is -0.594. The van der Waals surface area contributed by atoms with Crippen molar-refractivity contribution in [2.24, 2.45) is 17.4 Å². The van der Waals surface area contributed by atoms with E-state index in [-0.39, 0.29) is 23.3 Å². The van der Waals surface area contributed by atoms with Gasteiger partial charge in [0, 0.05) is 23.7 Å². The second-order valence-electron chi connectivity index (χ2n) is 4.53. The van der Waals surface area contributed by atoms with Crippen molar-refractivity contribution >= 4 is 0 Å². The highest BCUT2D eigenvalue weighted by Gasteiger charge is 2.33. The normalized spacial score (nSPS) is 25.2. The van der Waals surface area contributed by atoms with Crippen LogP contribution in [0.1, 0.15) is 24.4 Å². The number of hydrogen-bond donors (Lipinski definition) is 2. The fourth-order valence-electron chi connectivity index (χ4n) is 2.21. The molecule has 1 aliphatic carbocycles. The Morgan fingerprint density at radius 1 is 1.29 bits per heavy atom. The van der Waals surface area contributed by atoms with Gasteiger partial charge >= 0.3 is 0 Å². The van der Waals surface area contributed by atoms with Crippen molar-refractivity contribution in [1.82, 2.24) is 0 Å². The number of halogens is 2. The Balaban J connectivity index is 2.23. The Bertz CT molecular complexity index is 419. The summed E-state index contributed by atoms with van der Waals surface area (Å²) in [5.41, 5.74) is 11.8. The van der Waals surface area contributed by atoms with E-state index in [0.717, 1.165) is 25.0 Å². The molecule has 1 aromatic rings. The predicted molar refractivity (Wildman–Crippen MR) is 60.5 cm³/mol. The first-order chi connectivity index (χ1) is 8.02. The van der Waals surface area contributed by atoms with Gasteiger partial charge in [0.15, 0.2) is 11.6 Å². The van der Waals surface area contributed by atoms with Crippen LogP contribution in [-0.4, -0.2) is 13.2 Å². The topological polar surface area (TPSA) is 61.3 Å². The molecular formula is C12H16F2N2O. The Hall–Kier alpha value is -1.20. The summed E-state index contributed by atoms with van der Waals surface area (Å²) in [4.78, 5) is 0. The Morgan fingerprint density at radius 3 is 2.47 bits per heavy atom. The molecule has 1 aliphatic rings. The van der Waals surface area contributed by atoms with E-state index in [4.69, 9.17) is 16.2 Å². The van der Waals surface area contributed by atoms with E-state index < -0.39 is 17.7 Å². The average Bonchev–Trinajstić information content (AvgIpc) is 2.26. The molecule has 0 saturated heterocycles. The second-order valence-corrected chi connectivity index (χ2v) is 4.53. The molecule has 0 heterocycles. The monoisotopic (exact) mass is 242 g/mol. The van der Waals surface area contributed by atoms with Gasteiger partial charge in [-0.1, -0.05) is 0 Å². The summed E-state index contributed by atoms with van der Waals surface area (Å²) in [5.74, 6) is -1.10. The molecule has 0 aromatic heterocycles. The van der Waals surface area contributed by atoms with E-state index in [9.17, 15) is 8.78 Å². The number of hydrogen-bond acceptors (Lipinski definition) is 3. The van der Waals surface area contributed by atoms with Crippen molar-refractivity contribution in [1.29, 1.82) is 0 Å². The molecule has 1 atom stereocenters. The van der Waals surface area contributed by atoms with Crippen molar-refractivity contribution in [3.63, 3.8) is 0 Å². The Labute approximate surface area is 98.7 Å². The fourth-order valence-corrected chi connectivity index (χ4v) is 2.21. The van der Waals surface area contributed by atoms with Crippen LogP contribution in [0.2, 0.25) is 0 Å². The summed E-state index contributed by atoms with van der Waals surface area (Å²) in [6.07, 6.45) is 1.52. The fraction of sp³-hybridized carbons (Fsp3) is 0.500. The van der Waals surface area contributed by atoms with Gasteiger partial charge in [-0.25, -0.2) is 8.78 Å². The van der Waals surface area contributed by atoms with Crippen molar-refractivity contribution in [2.45, 2.75) is 24.9 Å². The second kappa shape index (κ2) is 4.58. The van der Waals surface area contributed by atoms with Crippen LogP contribution in [0.25, 0.3) is 0 Å². The van der Waals surface area contributed by atoms with Crippen LogP contribution in [0.5, 0.6) is 5.75 Å². The van der Waals surface area contributed by atoms with Crippen molar-refractivity contribution in [3.05, 3.63) is 29.3 Å². The van der Waals surface area contributed by atoms with Crippen molar-refractivity contribution in [3.8, 4) is 5.75 Å². The van der Waals surface area contributed by atoms with Gasteiger partial charge in [-0.3, -0.25) is 0 Å². The standard InChI is InChI=1S/C12H16F2N2O/c1-17-11-5-9(13)8(4-10(11)14)12(16)6-2-7(15)3-6/h4-7,12H,2-3,15-16H2,1H3. The van der Waals surface area contributed by atoms with E-state index >= 15 is 0 Å². The van der Waals surface area contributed by atoms with Gasteiger partial charge in [-0.15, -0.1) is 0 Å². The van der Waals surface area contributed by atoms with Crippen LogP contribution in [-0.2, 0) is 0 Å². The maximum atomic E-state index is 13.7. The number of nitrogens with two attached hydrogens (primary N) is 2. The first-order valence-corrected chi connectivity index (χ1v) is 5.57. The van der Waals surface area contributed by atoms with Crippen LogP contribution >= 0.6 is 0 Å². The highest BCUT2D eigenvalue weighted by Crippen LogP contribution is 2.37. The third kappa shape index (κ3) is 2.25. The summed E-state index contributed by atoms with van der Waals surface area (Å²) in [5, 5.41) is 0. The molecule has 1 aromatic carbocycles. The largest absolute Gasteiger partial charge is 0.494 e. The van der Waals surface area contributed by atoms with E-state index in [1.54, 1.807) is 0 Å². The van der Waals surface area contributed by atoms with E-state index in [2.05, 4.69) is 0 Å². The van der Waals surface area contributed by atoms with Crippen molar-refractivity contribution < 1.29 is 13.5 Å². The molecule has 1 unspecified atom stereocenters. The zero-order valence-corrected chi connectivity index (χ0v) is 9.62.